The predicted molar refractivity (Wildman–Crippen MR) is 261 cm³/mol. The molecular formula is C48H51ClN10O2S2. The summed E-state index contributed by atoms with van der Waals surface area (Å²) in [7, 11) is 0. The molecule has 11 rings (SSSR count). The summed E-state index contributed by atoms with van der Waals surface area (Å²) in [6.45, 7) is 14.7. The molecule has 1 saturated heterocycles. The third kappa shape index (κ3) is 10.5. The Hall–Kier alpha value is -5.77. The molecule has 0 atom stereocenters. The molecule has 7 heterocycles. The largest absolute Gasteiger partial charge is 0.398 e. The van der Waals surface area contributed by atoms with Crippen molar-refractivity contribution in [1.29, 1.82) is 0 Å². The number of aromatic nitrogens is 4. The lowest BCUT2D eigenvalue weighted by Gasteiger charge is -2.28. The molecule has 6 N–H and O–H groups in total. The van der Waals surface area contributed by atoms with E-state index in [0.717, 1.165) is 109 Å². The lowest BCUT2D eigenvalue weighted by molar-refractivity contribution is 0.122. The van der Waals surface area contributed by atoms with Crippen LogP contribution >= 0.6 is 35.1 Å². The van der Waals surface area contributed by atoms with Gasteiger partial charge in [0.05, 0.1) is 24.8 Å². The first-order chi connectivity index (χ1) is 30.6. The standard InChI is InChI=1S/C48H51ClN10O2S2/c1-5-41-38(39-27-37(16-17-40(39)50)62-45-30(2)28-51-47(56-45)53-34-10-14-36(15-11-34)59-22-25-61-26-23-59)7-6-20-58(21-24-60)35-12-8-33(9-13-35)54-48-52-29-31(3)46(57-48)63-43-19-18-42(55-41)32(4)44(43)49/h5,8-19,27-29,55,60H,1,6-7,20-26,50H2,2-4H3,(H,51,53,56)(H,52,54,57)/b41-38+. The van der Waals surface area contributed by atoms with Gasteiger partial charge in [0, 0.05) is 105 Å². The number of allylic oxidation sites excluding steroid dienone is 2. The predicted octanol–water partition coefficient (Wildman–Crippen LogP) is 10.7. The molecule has 1 fully saturated rings. The molecule has 5 aliphatic rings. The van der Waals surface area contributed by atoms with Crippen LogP contribution in [0, 0.1) is 20.8 Å². The van der Waals surface area contributed by atoms with Gasteiger partial charge in [-0.25, -0.2) is 19.9 Å². The number of morpholine rings is 1. The van der Waals surface area contributed by atoms with Crippen molar-refractivity contribution in [1.82, 2.24) is 19.9 Å². The van der Waals surface area contributed by atoms with Gasteiger partial charge in [-0.15, -0.1) is 0 Å². The SMILES string of the molecule is C=C/C1=C(\c2cc(Sc3nc(Nc4ccc(N5CCOCC5)cc4)ncc3C)ccc2N)CCCN(CCO)c2ccc(cc2)Nc2ncc(C)c(n2)Sc2ccc(c(C)c2Cl)N1. The number of aliphatic hydroxyl groups is 1. The average molecular weight is 900 g/mol. The Balaban J connectivity index is 1.12. The van der Waals surface area contributed by atoms with Crippen molar-refractivity contribution in [3.05, 3.63) is 137 Å². The molecule has 6 bridgehead atoms. The number of halogens is 1. The van der Waals surface area contributed by atoms with E-state index in [1.54, 1.807) is 11.8 Å². The number of nitrogens with one attached hydrogen (secondary N) is 3. The number of anilines is 8. The summed E-state index contributed by atoms with van der Waals surface area (Å²) in [6, 6.07) is 26.6. The van der Waals surface area contributed by atoms with Crippen LogP contribution in [0.25, 0.3) is 5.57 Å². The number of hydrogen-bond acceptors (Lipinski definition) is 14. The molecule has 324 valence electrons. The molecule has 63 heavy (non-hydrogen) atoms. The number of ether oxygens (including phenoxy) is 1. The molecule has 0 aliphatic carbocycles. The van der Waals surface area contributed by atoms with Crippen molar-refractivity contribution in [3.8, 4) is 0 Å². The fraction of sp³-hybridized carbons (Fsp3) is 0.250. The minimum absolute atomic E-state index is 0.0168. The fourth-order valence-corrected chi connectivity index (χ4v) is 9.56. The van der Waals surface area contributed by atoms with Crippen LogP contribution in [0.4, 0.5) is 46.0 Å². The van der Waals surface area contributed by atoms with Crippen LogP contribution in [0.3, 0.4) is 0 Å². The van der Waals surface area contributed by atoms with Crippen LogP contribution in [-0.4, -0.2) is 71.0 Å². The third-order valence-electron chi connectivity index (χ3n) is 11.0. The summed E-state index contributed by atoms with van der Waals surface area (Å²) >= 11 is 10.2. The maximum atomic E-state index is 10.1. The highest BCUT2D eigenvalue weighted by atomic mass is 35.5. The van der Waals surface area contributed by atoms with E-state index in [9.17, 15) is 5.11 Å². The van der Waals surface area contributed by atoms with Gasteiger partial charge in [-0.2, -0.15) is 0 Å². The maximum absolute atomic E-state index is 10.1. The van der Waals surface area contributed by atoms with E-state index < -0.39 is 0 Å². The van der Waals surface area contributed by atoms with E-state index in [2.05, 4.69) is 72.6 Å². The number of nitrogen functional groups attached to an aromatic ring is 1. The monoisotopic (exact) mass is 898 g/mol. The lowest BCUT2D eigenvalue weighted by atomic mass is 9.96. The fourth-order valence-electron chi connectivity index (χ4n) is 7.47. The quantitative estimate of drug-likeness (QED) is 0.0692. The number of rotatable bonds is 9. The molecule has 6 aromatic rings. The van der Waals surface area contributed by atoms with Crippen LogP contribution in [-0.2, 0) is 4.74 Å². The van der Waals surface area contributed by atoms with Crippen molar-refractivity contribution in [2.24, 2.45) is 0 Å². The van der Waals surface area contributed by atoms with E-state index >= 15 is 0 Å². The first kappa shape index (κ1) is 43.9. The highest BCUT2D eigenvalue weighted by Gasteiger charge is 2.19. The van der Waals surface area contributed by atoms with Gasteiger partial charge in [-0.1, -0.05) is 41.7 Å². The number of hydrogen-bond donors (Lipinski definition) is 5. The van der Waals surface area contributed by atoms with Crippen LogP contribution in [0.1, 0.15) is 35.1 Å². The van der Waals surface area contributed by atoms with Gasteiger partial charge >= 0.3 is 0 Å². The first-order valence-electron chi connectivity index (χ1n) is 20.9. The number of benzene rings is 4. The molecule has 4 aromatic carbocycles. The van der Waals surface area contributed by atoms with Crippen molar-refractivity contribution in [3.63, 3.8) is 0 Å². The van der Waals surface area contributed by atoms with Gasteiger partial charge in [-0.3, -0.25) is 0 Å². The summed E-state index contributed by atoms with van der Waals surface area (Å²) in [5.74, 6) is 1.01. The van der Waals surface area contributed by atoms with Crippen LogP contribution in [0.15, 0.2) is 129 Å². The van der Waals surface area contributed by atoms with Crippen molar-refractivity contribution in [2.75, 3.05) is 77.5 Å². The van der Waals surface area contributed by atoms with Gasteiger partial charge in [0.2, 0.25) is 11.9 Å². The number of aryl methyl sites for hydroxylation is 2. The number of nitrogens with two attached hydrogens (primary N) is 1. The minimum atomic E-state index is 0.0168. The van der Waals surface area contributed by atoms with Crippen molar-refractivity contribution < 1.29 is 9.84 Å². The van der Waals surface area contributed by atoms with Crippen LogP contribution in [0.2, 0.25) is 5.02 Å². The summed E-state index contributed by atoms with van der Waals surface area (Å²) in [4.78, 5) is 25.3. The molecule has 0 unspecified atom stereocenters. The topological polar surface area (TPSA) is 150 Å². The average Bonchev–Trinajstić information content (AvgIpc) is 3.30. The summed E-state index contributed by atoms with van der Waals surface area (Å²) in [5, 5.41) is 22.8. The molecule has 15 heteroatoms. The van der Waals surface area contributed by atoms with E-state index in [0.29, 0.717) is 42.1 Å². The summed E-state index contributed by atoms with van der Waals surface area (Å²) in [5.41, 5.74) is 17.8. The van der Waals surface area contributed by atoms with Crippen molar-refractivity contribution >= 4 is 86.7 Å². The maximum Gasteiger partial charge on any atom is 0.228 e. The van der Waals surface area contributed by atoms with Gasteiger partial charge in [0.1, 0.15) is 10.1 Å². The third-order valence-corrected chi connectivity index (χ3v) is 13.8. The lowest BCUT2D eigenvalue weighted by Crippen LogP contribution is -2.36. The highest BCUT2D eigenvalue weighted by Crippen LogP contribution is 2.41. The molecule has 12 nitrogen and oxygen atoms in total. The second kappa shape index (κ2) is 20.2. The van der Waals surface area contributed by atoms with E-state index in [-0.39, 0.29) is 6.61 Å². The molecule has 0 spiro atoms. The summed E-state index contributed by atoms with van der Waals surface area (Å²) < 4.78 is 5.52. The Morgan fingerprint density at radius 3 is 2.44 bits per heavy atom. The van der Waals surface area contributed by atoms with E-state index in [1.807, 2.05) is 87.8 Å². The van der Waals surface area contributed by atoms with Gasteiger partial charge < -0.3 is 41.3 Å². The minimum Gasteiger partial charge on any atom is -0.398 e. The second-order valence-electron chi connectivity index (χ2n) is 15.3. The normalized spacial score (nSPS) is 15.8. The van der Waals surface area contributed by atoms with E-state index in [1.165, 1.54) is 17.4 Å². The van der Waals surface area contributed by atoms with E-state index in [4.69, 9.17) is 32.0 Å². The van der Waals surface area contributed by atoms with Crippen LogP contribution in [0.5, 0.6) is 0 Å². The molecule has 0 saturated carbocycles. The molecule has 0 radical (unpaired) electrons. The zero-order valence-electron chi connectivity index (χ0n) is 35.6. The molecular weight excluding hydrogens is 848 g/mol. The highest BCUT2D eigenvalue weighted by molar-refractivity contribution is 7.99. The Kier molecular flexibility index (Phi) is 14.0. The van der Waals surface area contributed by atoms with Crippen molar-refractivity contribution in [2.45, 2.75) is 53.5 Å². The first-order valence-corrected chi connectivity index (χ1v) is 22.9. The Morgan fingerprint density at radius 1 is 0.921 bits per heavy atom. The molecule has 2 aromatic heterocycles. The van der Waals surface area contributed by atoms with Gasteiger partial charge in [-0.05, 0) is 130 Å². The zero-order chi connectivity index (χ0) is 43.9. The Labute approximate surface area is 382 Å². The zero-order valence-corrected chi connectivity index (χ0v) is 38.0. The van der Waals surface area contributed by atoms with Gasteiger partial charge in [0.25, 0.3) is 0 Å². The Morgan fingerprint density at radius 2 is 1.68 bits per heavy atom. The van der Waals surface area contributed by atoms with Gasteiger partial charge in [0.15, 0.2) is 0 Å². The smallest absolute Gasteiger partial charge is 0.228 e. The Bertz CT molecular complexity index is 2620. The number of aliphatic hydroxyl groups excluding tert-OH is 1. The second-order valence-corrected chi connectivity index (χ2v) is 17.8. The van der Waals surface area contributed by atoms with Crippen LogP contribution < -0.4 is 31.5 Å². The molecule has 0 amide bonds. The number of nitrogens with zero attached hydrogens (tertiary/aromatic N) is 6. The summed E-state index contributed by atoms with van der Waals surface area (Å²) in [6.07, 6.45) is 6.93. The molecule has 5 aliphatic heterocycles.